The highest BCUT2D eigenvalue weighted by molar-refractivity contribution is 5.98. The number of aromatic nitrogens is 1. The first-order chi connectivity index (χ1) is 10.4. The molecule has 1 heterocycles. The van der Waals surface area contributed by atoms with Crippen LogP contribution in [0.2, 0.25) is 0 Å². The van der Waals surface area contributed by atoms with Crippen LogP contribution in [0.3, 0.4) is 0 Å². The molecule has 0 saturated carbocycles. The Hall–Kier alpha value is -2.64. The highest BCUT2D eigenvalue weighted by Crippen LogP contribution is 2.29. The Morgan fingerprint density at radius 2 is 2.05 bits per heavy atom. The van der Waals surface area contributed by atoms with Gasteiger partial charge in [0.2, 0.25) is 5.75 Å². The van der Waals surface area contributed by atoms with Gasteiger partial charge in [-0.1, -0.05) is 0 Å². The third kappa shape index (κ3) is 4.44. The number of rotatable bonds is 6. The first-order valence-electron chi connectivity index (χ1n) is 6.59. The van der Waals surface area contributed by atoms with Gasteiger partial charge in [-0.3, -0.25) is 9.59 Å². The quantitative estimate of drug-likeness (QED) is 0.771. The third-order valence-corrected chi connectivity index (χ3v) is 2.54. The molecule has 8 heteroatoms. The standard InChI is InChI=1S/C14H18N2O6/c1-5-21-14(19)8(2)16-13(18)11-12(22-9(3)17)10(20-4)6-7-15-11/h6-8H,5H2,1-4H3,(H,16,18)/t8-/m0/s1. The fourth-order valence-electron chi connectivity index (χ4n) is 1.59. The zero-order valence-electron chi connectivity index (χ0n) is 12.8. The average Bonchev–Trinajstić information content (AvgIpc) is 2.46. The van der Waals surface area contributed by atoms with Crippen molar-refractivity contribution >= 4 is 17.8 Å². The summed E-state index contributed by atoms with van der Waals surface area (Å²) in [6.07, 6.45) is 1.33. The van der Waals surface area contributed by atoms with E-state index in [0.717, 1.165) is 0 Å². The van der Waals surface area contributed by atoms with Crippen molar-refractivity contribution in [3.63, 3.8) is 0 Å². The van der Waals surface area contributed by atoms with E-state index in [9.17, 15) is 14.4 Å². The molecule has 0 aromatic carbocycles. The summed E-state index contributed by atoms with van der Waals surface area (Å²) in [6.45, 7) is 4.53. The predicted octanol–water partition coefficient (Wildman–Crippen LogP) is 0.697. The maximum atomic E-state index is 12.2. The van der Waals surface area contributed by atoms with Crippen LogP contribution in [0.1, 0.15) is 31.3 Å². The molecule has 0 aliphatic heterocycles. The van der Waals surface area contributed by atoms with Crippen LogP contribution < -0.4 is 14.8 Å². The molecule has 1 amide bonds. The largest absolute Gasteiger partial charge is 0.493 e. The van der Waals surface area contributed by atoms with E-state index >= 15 is 0 Å². The van der Waals surface area contributed by atoms with Crippen molar-refractivity contribution in [2.75, 3.05) is 13.7 Å². The second-order valence-electron chi connectivity index (χ2n) is 4.23. The fraction of sp³-hybridized carbons (Fsp3) is 0.429. The van der Waals surface area contributed by atoms with Crippen LogP contribution in [0.5, 0.6) is 11.5 Å². The Kier molecular flexibility index (Phi) is 6.30. The molecule has 0 aliphatic rings. The number of amides is 1. The van der Waals surface area contributed by atoms with E-state index in [4.69, 9.17) is 14.2 Å². The number of nitrogens with one attached hydrogen (secondary N) is 1. The number of nitrogens with zero attached hydrogens (tertiary/aromatic N) is 1. The van der Waals surface area contributed by atoms with Crippen LogP contribution in [0, 0.1) is 0 Å². The van der Waals surface area contributed by atoms with Crippen LogP contribution in [-0.4, -0.2) is 42.6 Å². The number of hydrogen-bond donors (Lipinski definition) is 1. The molecule has 1 atom stereocenters. The number of carbonyl (C=O) groups is 3. The Morgan fingerprint density at radius 3 is 2.59 bits per heavy atom. The average molecular weight is 310 g/mol. The monoisotopic (exact) mass is 310 g/mol. The molecular formula is C14H18N2O6. The van der Waals surface area contributed by atoms with Gasteiger partial charge in [0.25, 0.3) is 5.91 Å². The van der Waals surface area contributed by atoms with E-state index in [1.807, 2.05) is 0 Å². The Morgan fingerprint density at radius 1 is 1.36 bits per heavy atom. The molecule has 0 radical (unpaired) electrons. The van der Waals surface area contributed by atoms with Crippen molar-refractivity contribution in [3.05, 3.63) is 18.0 Å². The van der Waals surface area contributed by atoms with Gasteiger partial charge in [0.15, 0.2) is 11.4 Å². The molecule has 1 aromatic rings. The number of carbonyl (C=O) groups excluding carboxylic acids is 3. The molecule has 22 heavy (non-hydrogen) atoms. The molecule has 0 bridgehead atoms. The Labute approximate surface area is 127 Å². The maximum Gasteiger partial charge on any atom is 0.328 e. The number of esters is 2. The molecule has 1 aromatic heterocycles. The van der Waals surface area contributed by atoms with Crippen LogP contribution in [0.25, 0.3) is 0 Å². The van der Waals surface area contributed by atoms with Crippen LogP contribution in [-0.2, 0) is 14.3 Å². The van der Waals surface area contributed by atoms with Crippen molar-refractivity contribution in [2.45, 2.75) is 26.8 Å². The van der Waals surface area contributed by atoms with Gasteiger partial charge >= 0.3 is 11.9 Å². The number of methoxy groups -OCH3 is 1. The Balaban J connectivity index is 3.02. The van der Waals surface area contributed by atoms with Crippen LogP contribution in [0.4, 0.5) is 0 Å². The SMILES string of the molecule is CCOC(=O)[C@H](C)NC(=O)c1nccc(OC)c1OC(C)=O. The van der Waals surface area contributed by atoms with E-state index < -0.39 is 23.9 Å². The van der Waals surface area contributed by atoms with E-state index in [2.05, 4.69) is 10.3 Å². The van der Waals surface area contributed by atoms with Gasteiger partial charge in [0.05, 0.1) is 13.7 Å². The molecule has 0 saturated heterocycles. The smallest absolute Gasteiger partial charge is 0.328 e. The minimum Gasteiger partial charge on any atom is -0.493 e. The van der Waals surface area contributed by atoms with Gasteiger partial charge in [-0.25, -0.2) is 9.78 Å². The summed E-state index contributed by atoms with van der Waals surface area (Å²) >= 11 is 0. The van der Waals surface area contributed by atoms with Gasteiger partial charge in [0.1, 0.15) is 6.04 Å². The third-order valence-electron chi connectivity index (χ3n) is 2.54. The molecular weight excluding hydrogens is 292 g/mol. The van der Waals surface area contributed by atoms with E-state index in [1.165, 1.54) is 33.2 Å². The molecule has 1 N–H and O–H groups in total. The molecule has 0 spiro atoms. The van der Waals surface area contributed by atoms with E-state index in [0.29, 0.717) is 0 Å². The topological polar surface area (TPSA) is 104 Å². The number of pyridine rings is 1. The second-order valence-corrected chi connectivity index (χ2v) is 4.23. The Bertz CT molecular complexity index is 572. The van der Waals surface area contributed by atoms with E-state index in [-0.39, 0.29) is 23.8 Å². The van der Waals surface area contributed by atoms with Gasteiger partial charge in [0, 0.05) is 19.2 Å². The molecule has 120 valence electrons. The highest BCUT2D eigenvalue weighted by Gasteiger charge is 2.24. The lowest BCUT2D eigenvalue weighted by atomic mass is 10.2. The zero-order chi connectivity index (χ0) is 16.7. The minimum atomic E-state index is -0.870. The van der Waals surface area contributed by atoms with Crippen molar-refractivity contribution < 1.29 is 28.6 Å². The summed E-state index contributed by atoms with van der Waals surface area (Å²) in [7, 11) is 1.37. The summed E-state index contributed by atoms with van der Waals surface area (Å²) in [5.74, 6) is -1.81. The second kappa shape index (κ2) is 7.96. The molecule has 8 nitrogen and oxygen atoms in total. The minimum absolute atomic E-state index is 0.106. The highest BCUT2D eigenvalue weighted by atomic mass is 16.6. The summed E-state index contributed by atoms with van der Waals surface area (Å²) in [5.41, 5.74) is -0.161. The maximum absolute atomic E-state index is 12.2. The predicted molar refractivity (Wildman–Crippen MR) is 75.7 cm³/mol. The molecule has 0 unspecified atom stereocenters. The summed E-state index contributed by atoms with van der Waals surface area (Å²) in [4.78, 5) is 38.8. The molecule has 1 rings (SSSR count). The number of hydrogen-bond acceptors (Lipinski definition) is 7. The van der Waals surface area contributed by atoms with Crippen molar-refractivity contribution in [1.29, 1.82) is 0 Å². The lowest BCUT2D eigenvalue weighted by Gasteiger charge is -2.15. The zero-order valence-corrected chi connectivity index (χ0v) is 12.8. The lowest BCUT2D eigenvalue weighted by Crippen LogP contribution is -2.40. The fourth-order valence-corrected chi connectivity index (χ4v) is 1.59. The molecule has 0 aliphatic carbocycles. The van der Waals surface area contributed by atoms with Crippen LogP contribution >= 0.6 is 0 Å². The van der Waals surface area contributed by atoms with Crippen molar-refractivity contribution in [1.82, 2.24) is 10.3 Å². The molecule has 0 fully saturated rings. The van der Waals surface area contributed by atoms with Crippen molar-refractivity contribution in [3.8, 4) is 11.5 Å². The summed E-state index contributed by atoms with van der Waals surface area (Å²) in [6, 6.07) is 0.578. The first kappa shape index (κ1) is 17.4. The van der Waals surface area contributed by atoms with E-state index in [1.54, 1.807) is 6.92 Å². The van der Waals surface area contributed by atoms with Gasteiger partial charge in [-0.05, 0) is 13.8 Å². The first-order valence-corrected chi connectivity index (χ1v) is 6.59. The number of ether oxygens (including phenoxy) is 3. The lowest BCUT2D eigenvalue weighted by molar-refractivity contribution is -0.145. The van der Waals surface area contributed by atoms with Gasteiger partial charge < -0.3 is 19.5 Å². The summed E-state index contributed by atoms with van der Waals surface area (Å²) in [5, 5.41) is 2.42. The normalized spacial score (nSPS) is 11.3. The van der Waals surface area contributed by atoms with Crippen LogP contribution in [0.15, 0.2) is 12.3 Å². The summed E-state index contributed by atoms with van der Waals surface area (Å²) < 4.78 is 14.8. The van der Waals surface area contributed by atoms with Crippen molar-refractivity contribution in [2.24, 2.45) is 0 Å². The van der Waals surface area contributed by atoms with Gasteiger partial charge in [-0.2, -0.15) is 0 Å². The van der Waals surface area contributed by atoms with Gasteiger partial charge in [-0.15, -0.1) is 0 Å².